The zero-order valence-corrected chi connectivity index (χ0v) is 24.5. The molecule has 11 aromatic rings. The van der Waals surface area contributed by atoms with Crippen LogP contribution in [0.2, 0.25) is 0 Å². The highest BCUT2D eigenvalue weighted by atomic mass is 16.3. The lowest BCUT2D eigenvalue weighted by molar-refractivity contribution is 0.669. The minimum absolute atomic E-state index is 0.804. The molecule has 0 spiro atoms. The Morgan fingerprint density at radius 1 is 0.435 bits per heavy atom. The van der Waals surface area contributed by atoms with Gasteiger partial charge in [-0.25, -0.2) is 9.97 Å². The fourth-order valence-corrected chi connectivity index (χ4v) is 7.76. The van der Waals surface area contributed by atoms with Crippen LogP contribution in [0.1, 0.15) is 0 Å². The van der Waals surface area contributed by atoms with E-state index in [1.165, 1.54) is 43.1 Å². The van der Waals surface area contributed by atoms with E-state index in [0.29, 0.717) is 0 Å². The van der Waals surface area contributed by atoms with Crippen LogP contribution in [0.25, 0.3) is 104 Å². The van der Waals surface area contributed by atoms with E-state index in [4.69, 9.17) is 14.4 Å². The molecule has 0 aliphatic carbocycles. The highest BCUT2D eigenvalue weighted by Gasteiger charge is 2.24. The molecule has 0 aliphatic rings. The number of para-hydroxylation sites is 3. The highest BCUT2D eigenvalue weighted by molar-refractivity contribution is 6.39. The molecule has 212 valence electrons. The second kappa shape index (κ2) is 8.68. The first-order valence-electron chi connectivity index (χ1n) is 15.6. The molecule has 0 aliphatic heterocycles. The van der Waals surface area contributed by atoms with E-state index in [2.05, 4.69) is 108 Å². The van der Waals surface area contributed by atoms with Crippen LogP contribution in [0.4, 0.5) is 0 Å². The Hall–Kier alpha value is -6.26. The summed E-state index contributed by atoms with van der Waals surface area (Å²) in [4.78, 5) is 10.7. The van der Waals surface area contributed by atoms with Crippen molar-refractivity contribution in [1.82, 2.24) is 14.5 Å². The number of fused-ring (bicyclic) bond motifs is 9. The molecule has 0 atom stereocenters. The molecule has 11 rings (SSSR count). The molecule has 8 aromatic carbocycles. The monoisotopic (exact) mass is 585 g/mol. The molecule has 0 fully saturated rings. The predicted molar refractivity (Wildman–Crippen MR) is 190 cm³/mol. The molecule has 0 saturated carbocycles. The largest absolute Gasteiger partial charge is 0.456 e. The molecule has 46 heavy (non-hydrogen) atoms. The lowest BCUT2D eigenvalue weighted by Gasteiger charge is -2.14. The summed E-state index contributed by atoms with van der Waals surface area (Å²) in [6, 6.07) is 49.3. The van der Waals surface area contributed by atoms with E-state index in [-0.39, 0.29) is 0 Å². The van der Waals surface area contributed by atoms with Crippen molar-refractivity contribution in [2.24, 2.45) is 0 Å². The Balaban J connectivity index is 1.33. The Morgan fingerprint density at radius 3 is 2.00 bits per heavy atom. The Labute approximate surface area is 262 Å². The lowest BCUT2D eigenvalue weighted by Crippen LogP contribution is -2.03. The van der Waals surface area contributed by atoms with Gasteiger partial charge >= 0.3 is 0 Å². The quantitative estimate of drug-likeness (QED) is 0.190. The van der Waals surface area contributed by atoms with Gasteiger partial charge < -0.3 is 4.42 Å². The van der Waals surface area contributed by atoms with Crippen LogP contribution >= 0.6 is 0 Å². The van der Waals surface area contributed by atoms with Crippen molar-refractivity contribution in [3.05, 3.63) is 140 Å². The normalized spacial score (nSPS) is 12.3. The first-order valence-corrected chi connectivity index (χ1v) is 15.6. The van der Waals surface area contributed by atoms with Gasteiger partial charge in [-0.1, -0.05) is 97.1 Å². The highest BCUT2D eigenvalue weighted by Crippen LogP contribution is 2.47. The number of nitrogens with zero attached hydrogens (tertiary/aromatic N) is 3. The predicted octanol–water partition coefficient (Wildman–Crippen LogP) is 11.2. The van der Waals surface area contributed by atoms with Gasteiger partial charge in [-0.2, -0.15) is 0 Å². The smallest absolute Gasteiger partial charge is 0.165 e. The second-order valence-electron chi connectivity index (χ2n) is 12.1. The average molecular weight is 586 g/mol. The SMILES string of the molecule is c1ccc2c(c1)cc1c3c2c2ccccc2c2cccc(c23)n1-c1nc2ccccc2nc1-c1ccc2c(c1)oc1ccccc12. The maximum Gasteiger partial charge on any atom is 0.165 e. The molecule has 0 bridgehead atoms. The van der Waals surface area contributed by atoms with Gasteiger partial charge in [0.2, 0.25) is 0 Å². The average Bonchev–Trinajstić information content (AvgIpc) is 3.65. The van der Waals surface area contributed by atoms with Crippen molar-refractivity contribution in [3.8, 4) is 17.1 Å². The third-order valence-corrected chi connectivity index (χ3v) is 9.71. The molecule has 0 N–H and O–H groups in total. The van der Waals surface area contributed by atoms with Crippen molar-refractivity contribution in [1.29, 1.82) is 0 Å². The minimum Gasteiger partial charge on any atom is -0.456 e. The topological polar surface area (TPSA) is 43.9 Å². The molecule has 0 radical (unpaired) electrons. The van der Waals surface area contributed by atoms with Gasteiger partial charge in [0.25, 0.3) is 0 Å². The molecule has 0 amide bonds. The van der Waals surface area contributed by atoms with Crippen molar-refractivity contribution >= 4 is 87.1 Å². The standard InChI is InChI=1S/C42H23N3O/c1-2-11-26-24(10-1)22-35-40-38(26)30-14-4-3-12-27(30)31-15-9-18-34(39(31)40)45(35)42-41(43-32-16-6-7-17-33(32)44-42)25-20-21-29-28-13-5-8-19-36(28)46-37(29)23-25/h1-23H. The van der Waals surface area contributed by atoms with Gasteiger partial charge in [-0.05, 0) is 69.4 Å². The van der Waals surface area contributed by atoms with E-state index >= 15 is 0 Å². The fraction of sp³-hybridized carbons (Fsp3) is 0. The van der Waals surface area contributed by atoms with Crippen molar-refractivity contribution in [2.45, 2.75) is 0 Å². The molecule has 0 unspecified atom stereocenters. The third-order valence-electron chi connectivity index (χ3n) is 9.71. The molecule has 4 nitrogen and oxygen atoms in total. The molecule has 4 heteroatoms. The van der Waals surface area contributed by atoms with Crippen LogP contribution in [-0.2, 0) is 0 Å². The fourth-order valence-electron chi connectivity index (χ4n) is 7.76. The third kappa shape index (κ3) is 3.07. The summed E-state index contributed by atoms with van der Waals surface area (Å²) < 4.78 is 8.68. The summed E-state index contributed by atoms with van der Waals surface area (Å²) in [5.41, 5.74) is 7.46. The van der Waals surface area contributed by atoms with Crippen LogP contribution in [0, 0.1) is 0 Å². The summed E-state index contributed by atoms with van der Waals surface area (Å²) in [7, 11) is 0. The number of hydrogen-bond donors (Lipinski definition) is 0. The first-order chi connectivity index (χ1) is 22.8. The van der Waals surface area contributed by atoms with Crippen LogP contribution in [-0.4, -0.2) is 14.5 Å². The van der Waals surface area contributed by atoms with Crippen molar-refractivity contribution < 1.29 is 4.42 Å². The Morgan fingerprint density at radius 2 is 1.11 bits per heavy atom. The number of aromatic nitrogens is 3. The summed E-state index contributed by atoms with van der Waals surface area (Å²) in [5, 5.41) is 12.2. The van der Waals surface area contributed by atoms with Gasteiger partial charge in [-0.3, -0.25) is 4.57 Å². The minimum atomic E-state index is 0.804. The lowest BCUT2D eigenvalue weighted by atomic mass is 9.91. The van der Waals surface area contributed by atoms with Crippen LogP contribution < -0.4 is 0 Å². The van der Waals surface area contributed by atoms with E-state index in [9.17, 15) is 0 Å². The number of rotatable bonds is 2. The maximum atomic E-state index is 6.34. The van der Waals surface area contributed by atoms with Crippen LogP contribution in [0.3, 0.4) is 0 Å². The van der Waals surface area contributed by atoms with Gasteiger partial charge in [0.05, 0.1) is 22.1 Å². The molecular formula is C42H23N3O. The van der Waals surface area contributed by atoms with Crippen molar-refractivity contribution in [2.75, 3.05) is 0 Å². The van der Waals surface area contributed by atoms with Crippen LogP contribution in [0.15, 0.2) is 144 Å². The second-order valence-corrected chi connectivity index (χ2v) is 12.1. The van der Waals surface area contributed by atoms with Gasteiger partial charge in [0.15, 0.2) is 5.82 Å². The zero-order chi connectivity index (χ0) is 29.9. The van der Waals surface area contributed by atoms with E-state index in [1.807, 2.05) is 36.4 Å². The first kappa shape index (κ1) is 24.1. The zero-order valence-electron chi connectivity index (χ0n) is 24.5. The van der Waals surface area contributed by atoms with Gasteiger partial charge in [-0.15, -0.1) is 0 Å². The van der Waals surface area contributed by atoms with Crippen molar-refractivity contribution in [3.63, 3.8) is 0 Å². The number of benzene rings is 8. The Kier molecular flexibility index (Phi) is 4.55. The number of furan rings is 1. The molecule has 0 saturated heterocycles. The molecule has 3 aromatic heterocycles. The van der Waals surface area contributed by atoms with E-state index in [0.717, 1.165) is 61.1 Å². The summed E-state index contributed by atoms with van der Waals surface area (Å²) in [6.07, 6.45) is 0. The molecular weight excluding hydrogens is 562 g/mol. The van der Waals surface area contributed by atoms with Gasteiger partial charge in [0, 0.05) is 32.5 Å². The maximum absolute atomic E-state index is 6.34. The summed E-state index contributed by atoms with van der Waals surface area (Å²) in [6.45, 7) is 0. The van der Waals surface area contributed by atoms with E-state index in [1.54, 1.807) is 0 Å². The Bertz CT molecular complexity index is 3030. The van der Waals surface area contributed by atoms with E-state index < -0.39 is 0 Å². The summed E-state index contributed by atoms with van der Waals surface area (Å²) >= 11 is 0. The summed E-state index contributed by atoms with van der Waals surface area (Å²) in [5.74, 6) is 0.804. The van der Waals surface area contributed by atoms with Gasteiger partial charge in [0.1, 0.15) is 16.9 Å². The number of hydrogen-bond acceptors (Lipinski definition) is 3. The molecule has 3 heterocycles. The van der Waals surface area contributed by atoms with Crippen LogP contribution in [0.5, 0.6) is 0 Å².